The van der Waals surface area contributed by atoms with Crippen LogP contribution in [-0.4, -0.2) is 62.1 Å². The molecule has 0 radical (unpaired) electrons. The maximum Gasteiger partial charge on any atom is 0.410 e. The van der Waals surface area contributed by atoms with Crippen molar-refractivity contribution in [3.05, 3.63) is 72.7 Å². The second-order valence-corrected chi connectivity index (χ2v) is 10.7. The summed E-state index contributed by atoms with van der Waals surface area (Å²) in [5.74, 6) is 0.0790. The van der Waals surface area contributed by atoms with Crippen LogP contribution in [0.2, 0.25) is 0 Å². The van der Waals surface area contributed by atoms with E-state index in [-0.39, 0.29) is 18.0 Å². The Hall–Kier alpha value is -3.61. The van der Waals surface area contributed by atoms with Gasteiger partial charge in [0.1, 0.15) is 5.60 Å². The zero-order valence-electron chi connectivity index (χ0n) is 21.3. The third-order valence-electron chi connectivity index (χ3n) is 6.75. The van der Waals surface area contributed by atoms with Crippen molar-refractivity contribution in [1.29, 1.82) is 0 Å². The Kier molecular flexibility index (Phi) is 6.56. The maximum absolute atomic E-state index is 13.6. The van der Waals surface area contributed by atoms with Crippen molar-refractivity contribution in [3.63, 3.8) is 0 Å². The van der Waals surface area contributed by atoms with E-state index in [1.807, 2.05) is 86.1 Å². The molecule has 2 amide bonds. The monoisotopic (exact) mass is 486 g/mol. The van der Waals surface area contributed by atoms with Gasteiger partial charge in [0.15, 0.2) is 0 Å². The smallest absolute Gasteiger partial charge is 0.410 e. The topological polar surface area (TPSA) is 67.7 Å². The SMILES string of the molecule is CC(C)(C)OC(=O)N1CCC(N(C(=O)c2ccc(-n3cnc(-c4ccccc4)c3)cc2)C2CC2)CC1. The van der Waals surface area contributed by atoms with Crippen LogP contribution in [0.5, 0.6) is 0 Å². The van der Waals surface area contributed by atoms with Crippen molar-refractivity contribution in [2.45, 2.75) is 64.1 Å². The van der Waals surface area contributed by atoms with Gasteiger partial charge in [-0.25, -0.2) is 9.78 Å². The minimum atomic E-state index is -0.504. The second-order valence-electron chi connectivity index (χ2n) is 10.7. The molecule has 1 aliphatic heterocycles. The number of ether oxygens (including phenoxy) is 1. The highest BCUT2D eigenvalue weighted by Crippen LogP contribution is 2.33. The summed E-state index contributed by atoms with van der Waals surface area (Å²) in [6.07, 6.45) is 7.18. The Morgan fingerprint density at radius 3 is 2.17 bits per heavy atom. The number of nitrogens with zero attached hydrogens (tertiary/aromatic N) is 4. The molecule has 188 valence electrons. The van der Waals surface area contributed by atoms with Crippen molar-refractivity contribution in [2.75, 3.05) is 13.1 Å². The lowest BCUT2D eigenvalue weighted by atomic mass is 10.0. The van der Waals surface area contributed by atoms with Gasteiger partial charge in [0.2, 0.25) is 0 Å². The van der Waals surface area contributed by atoms with Crippen LogP contribution >= 0.6 is 0 Å². The van der Waals surface area contributed by atoms with Crippen molar-refractivity contribution in [3.8, 4) is 16.9 Å². The number of rotatable bonds is 5. The third-order valence-corrected chi connectivity index (χ3v) is 6.75. The molecule has 2 fully saturated rings. The average Bonchev–Trinajstić information content (AvgIpc) is 3.58. The number of piperidine rings is 1. The zero-order valence-corrected chi connectivity index (χ0v) is 21.3. The molecule has 2 aliphatic rings. The molecule has 1 aromatic heterocycles. The van der Waals surface area contributed by atoms with Gasteiger partial charge < -0.3 is 19.1 Å². The second kappa shape index (κ2) is 9.80. The van der Waals surface area contributed by atoms with Crippen LogP contribution in [0, 0.1) is 0 Å². The number of amides is 2. The summed E-state index contributed by atoms with van der Waals surface area (Å²) in [5, 5.41) is 0. The number of carbonyl (C=O) groups excluding carboxylic acids is 2. The molecule has 0 atom stereocenters. The Balaban J connectivity index is 1.25. The molecule has 7 nitrogen and oxygen atoms in total. The summed E-state index contributed by atoms with van der Waals surface area (Å²) in [6, 6.07) is 18.3. The minimum Gasteiger partial charge on any atom is -0.444 e. The van der Waals surface area contributed by atoms with E-state index >= 15 is 0 Å². The summed E-state index contributed by atoms with van der Waals surface area (Å²) in [6.45, 7) is 6.86. The third kappa shape index (κ3) is 5.45. The van der Waals surface area contributed by atoms with Gasteiger partial charge in [0, 0.05) is 48.2 Å². The molecule has 1 saturated carbocycles. The van der Waals surface area contributed by atoms with E-state index in [2.05, 4.69) is 9.88 Å². The van der Waals surface area contributed by atoms with Gasteiger partial charge in [-0.05, 0) is 70.7 Å². The fraction of sp³-hybridized carbons (Fsp3) is 0.414. The quantitative estimate of drug-likeness (QED) is 0.475. The highest BCUT2D eigenvalue weighted by molar-refractivity contribution is 5.95. The van der Waals surface area contributed by atoms with Gasteiger partial charge >= 0.3 is 6.09 Å². The molecule has 3 aromatic rings. The minimum absolute atomic E-state index is 0.0790. The Bertz CT molecular complexity index is 1200. The molecule has 5 rings (SSSR count). The van der Waals surface area contributed by atoms with Crippen LogP contribution < -0.4 is 0 Å². The van der Waals surface area contributed by atoms with Crippen LogP contribution in [0.3, 0.4) is 0 Å². The lowest BCUT2D eigenvalue weighted by Crippen LogP contribution is -2.50. The number of hydrogen-bond donors (Lipinski definition) is 0. The number of imidazole rings is 1. The number of carbonyl (C=O) groups is 2. The van der Waals surface area contributed by atoms with Crippen molar-refractivity contribution >= 4 is 12.0 Å². The summed E-state index contributed by atoms with van der Waals surface area (Å²) in [5.41, 5.74) is 3.14. The molecule has 0 N–H and O–H groups in total. The predicted octanol–water partition coefficient (Wildman–Crippen LogP) is 5.54. The average molecular weight is 487 g/mol. The molecule has 0 spiro atoms. The molecule has 7 heteroatoms. The van der Waals surface area contributed by atoms with Crippen molar-refractivity contribution in [1.82, 2.24) is 19.4 Å². The van der Waals surface area contributed by atoms with E-state index in [4.69, 9.17) is 4.74 Å². The van der Waals surface area contributed by atoms with Gasteiger partial charge in [-0.1, -0.05) is 30.3 Å². The maximum atomic E-state index is 13.6. The first kappa shape index (κ1) is 24.1. The normalized spacial score (nSPS) is 16.6. The summed E-state index contributed by atoms with van der Waals surface area (Å²) in [4.78, 5) is 34.4. The Morgan fingerprint density at radius 2 is 1.56 bits per heavy atom. The first-order valence-corrected chi connectivity index (χ1v) is 12.8. The zero-order chi connectivity index (χ0) is 25.3. The molecule has 1 saturated heterocycles. The predicted molar refractivity (Wildman–Crippen MR) is 139 cm³/mol. The van der Waals surface area contributed by atoms with E-state index in [1.54, 1.807) is 11.2 Å². The van der Waals surface area contributed by atoms with Crippen LogP contribution in [0.4, 0.5) is 4.79 Å². The first-order valence-electron chi connectivity index (χ1n) is 12.8. The van der Waals surface area contributed by atoms with Gasteiger partial charge in [-0.15, -0.1) is 0 Å². The number of benzene rings is 2. The molecular weight excluding hydrogens is 452 g/mol. The van der Waals surface area contributed by atoms with Gasteiger partial charge in [-0.2, -0.15) is 0 Å². The van der Waals surface area contributed by atoms with Gasteiger partial charge in [0.25, 0.3) is 5.91 Å². The van der Waals surface area contributed by atoms with Crippen LogP contribution in [-0.2, 0) is 4.74 Å². The van der Waals surface area contributed by atoms with Gasteiger partial charge in [0.05, 0.1) is 12.0 Å². The highest BCUT2D eigenvalue weighted by Gasteiger charge is 2.39. The largest absolute Gasteiger partial charge is 0.444 e. The number of likely N-dealkylation sites (tertiary alicyclic amines) is 1. The van der Waals surface area contributed by atoms with Crippen molar-refractivity contribution < 1.29 is 14.3 Å². The lowest BCUT2D eigenvalue weighted by Gasteiger charge is -2.39. The Morgan fingerprint density at radius 1 is 0.917 bits per heavy atom. The van der Waals surface area contributed by atoms with E-state index in [9.17, 15) is 9.59 Å². The molecule has 2 aromatic carbocycles. The van der Waals surface area contributed by atoms with E-state index in [1.165, 1.54) is 0 Å². The first-order chi connectivity index (χ1) is 17.3. The van der Waals surface area contributed by atoms with Crippen LogP contribution in [0.1, 0.15) is 56.8 Å². The van der Waals surface area contributed by atoms with E-state index < -0.39 is 5.60 Å². The standard InChI is InChI=1S/C29H34N4O3/c1-29(2,3)36-28(35)31-17-15-25(16-18-31)33(24-13-14-24)27(34)22-9-11-23(12-10-22)32-19-26(30-20-32)21-7-5-4-6-8-21/h4-12,19-20,24-25H,13-18H2,1-3H3. The molecule has 1 aliphatic carbocycles. The van der Waals surface area contributed by atoms with Crippen molar-refractivity contribution in [2.24, 2.45) is 0 Å². The van der Waals surface area contributed by atoms with E-state index in [0.717, 1.165) is 42.6 Å². The highest BCUT2D eigenvalue weighted by atomic mass is 16.6. The Labute approximate surface area is 212 Å². The fourth-order valence-corrected chi connectivity index (χ4v) is 4.78. The van der Waals surface area contributed by atoms with E-state index in [0.29, 0.717) is 24.7 Å². The molecule has 36 heavy (non-hydrogen) atoms. The fourth-order valence-electron chi connectivity index (χ4n) is 4.78. The summed E-state index contributed by atoms with van der Waals surface area (Å²) < 4.78 is 7.50. The molecular formula is C29H34N4O3. The summed E-state index contributed by atoms with van der Waals surface area (Å²) >= 11 is 0. The molecule has 0 bridgehead atoms. The van der Waals surface area contributed by atoms with Gasteiger partial charge in [-0.3, -0.25) is 4.79 Å². The van der Waals surface area contributed by atoms with Crippen LogP contribution in [0.25, 0.3) is 16.9 Å². The number of aromatic nitrogens is 2. The number of hydrogen-bond acceptors (Lipinski definition) is 4. The lowest BCUT2D eigenvalue weighted by molar-refractivity contribution is 0.0142. The van der Waals surface area contributed by atoms with Crippen LogP contribution in [0.15, 0.2) is 67.1 Å². The summed E-state index contributed by atoms with van der Waals surface area (Å²) in [7, 11) is 0. The molecule has 0 unspecified atom stereocenters. The molecule has 2 heterocycles.